The van der Waals surface area contributed by atoms with Crippen molar-refractivity contribution in [1.82, 2.24) is 15.5 Å². The van der Waals surface area contributed by atoms with Crippen molar-refractivity contribution in [3.05, 3.63) is 35.9 Å². The maximum absolute atomic E-state index is 12.4. The van der Waals surface area contributed by atoms with Gasteiger partial charge in [-0.2, -0.15) is 0 Å². The maximum Gasteiger partial charge on any atom is 0.234 e. The van der Waals surface area contributed by atoms with Crippen molar-refractivity contribution in [3.8, 4) is 0 Å². The monoisotopic (exact) mass is 333 g/mol. The highest BCUT2D eigenvalue weighted by atomic mass is 16.2. The minimum Gasteiger partial charge on any atom is -0.353 e. The Morgan fingerprint density at radius 1 is 0.958 bits per heavy atom. The largest absolute Gasteiger partial charge is 0.353 e. The van der Waals surface area contributed by atoms with Crippen LogP contribution >= 0.6 is 0 Å². The molecule has 2 N–H and O–H groups in total. The van der Waals surface area contributed by atoms with Crippen LogP contribution in [0.4, 0.5) is 0 Å². The molecule has 0 bridgehead atoms. The zero-order valence-corrected chi connectivity index (χ0v) is 15.5. The predicted molar refractivity (Wildman–Crippen MR) is 97.6 cm³/mol. The molecule has 0 aliphatic carbocycles. The minimum atomic E-state index is -0.0586. The van der Waals surface area contributed by atoms with E-state index in [1.165, 1.54) is 0 Å². The molecule has 1 unspecified atom stereocenters. The van der Waals surface area contributed by atoms with E-state index < -0.39 is 0 Å². The van der Waals surface area contributed by atoms with Gasteiger partial charge in [0.15, 0.2) is 0 Å². The summed E-state index contributed by atoms with van der Waals surface area (Å²) in [4.78, 5) is 26.1. The molecule has 2 amide bonds. The van der Waals surface area contributed by atoms with E-state index in [9.17, 15) is 9.59 Å². The van der Waals surface area contributed by atoms with E-state index in [-0.39, 0.29) is 42.9 Å². The Kier molecular flexibility index (Phi) is 8.47. The SMILES string of the molecule is CCN(CC(=O)NC(C)C)CC(=O)NC(c1ccccc1)C(C)C. The number of amides is 2. The van der Waals surface area contributed by atoms with Crippen LogP contribution in [0.1, 0.15) is 46.2 Å². The van der Waals surface area contributed by atoms with Gasteiger partial charge in [0.1, 0.15) is 0 Å². The summed E-state index contributed by atoms with van der Waals surface area (Å²) in [5.74, 6) is 0.176. The molecule has 5 heteroatoms. The number of rotatable bonds is 9. The van der Waals surface area contributed by atoms with E-state index >= 15 is 0 Å². The lowest BCUT2D eigenvalue weighted by Gasteiger charge is -2.25. The number of nitrogens with zero attached hydrogens (tertiary/aromatic N) is 1. The van der Waals surface area contributed by atoms with Gasteiger partial charge in [-0.25, -0.2) is 0 Å². The molecule has 1 aromatic carbocycles. The van der Waals surface area contributed by atoms with Crippen LogP contribution < -0.4 is 10.6 Å². The summed E-state index contributed by atoms with van der Waals surface area (Å²) in [6.45, 7) is 11.1. The zero-order valence-electron chi connectivity index (χ0n) is 15.5. The lowest BCUT2D eigenvalue weighted by molar-refractivity contribution is -0.125. The molecule has 0 saturated heterocycles. The average Bonchev–Trinajstić information content (AvgIpc) is 2.51. The Balaban J connectivity index is 2.62. The van der Waals surface area contributed by atoms with E-state index in [4.69, 9.17) is 0 Å². The molecule has 134 valence electrons. The van der Waals surface area contributed by atoms with E-state index in [2.05, 4.69) is 24.5 Å². The smallest absolute Gasteiger partial charge is 0.234 e. The number of benzene rings is 1. The lowest BCUT2D eigenvalue weighted by atomic mass is 9.96. The molecule has 0 aliphatic heterocycles. The van der Waals surface area contributed by atoms with Crippen molar-refractivity contribution in [2.75, 3.05) is 19.6 Å². The minimum absolute atomic E-state index is 0.0260. The predicted octanol–water partition coefficient (Wildman–Crippen LogP) is 2.35. The molecular weight excluding hydrogens is 302 g/mol. The van der Waals surface area contributed by atoms with Crippen molar-refractivity contribution in [2.24, 2.45) is 5.92 Å². The summed E-state index contributed by atoms with van der Waals surface area (Å²) in [6, 6.07) is 10.1. The van der Waals surface area contributed by atoms with Crippen LogP contribution in [0.15, 0.2) is 30.3 Å². The summed E-state index contributed by atoms with van der Waals surface area (Å²) in [7, 11) is 0. The zero-order chi connectivity index (χ0) is 18.1. The first-order valence-corrected chi connectivity index (χ1v) is 8.69. The Bertz CT molecular complexity index is 515. The van der Waals surface area contributed by atoms with Gasteiger partial charge in [-0.1, -0.05) is 51.1 Å². The topological polar surface area (TPSA) is 61.4 Å². The highest BCUT2D eigenvalue weighted by Gasteiger charge is 2.20. The molecule has 0 aromatic heterocycles. The number of hydrogen-bond donors (Lipinski definition) is 2. The molecule has 24 heavy (non-hydrogen) atoms. The molecule has 0 fully saturated rings. The first-order valence-electron chi connectivity index (χ1n) is 8.69. The van der Waals surface area contributed by atoms with Gasteiger partial charge in [-0.3, -0.25) is 14.5 Å². The molecule has 0 spiro atoms. The van der Waals surface area contributed by atoms with Crippen LogP contribution in [0.25, 0.3) is 0 Å². The van der Waals surface area contributed by atoms with Gasteiger partial charge in [0.25, 0.3) is 0 Å². The molecule has 0 heterocycles. The van der Waals surface area contributed by atoms with Gasteiger partial charge < -0.3 is 10.6 Å². The van der Waals surface area contributed by atoms with E-state index in [1.807, 2.05) is 56.0 Å². The van der Waals surface area contributed by atoms with Crippen molar-refractivity contribution < 1.29 is 9.59 Å². The van der Waals surface area contributed by atoms with Crippen LogP contribution in [0.5, 0.6) is 0 Å². The van der Waals surface area contributed by atoms with Gasteiger partial charge in [0, 0.05) is 6.04 Å². The second kappa shape index (κ2) is 10.1. The third-order valence-electron chi connectivity index (χ3n) is 3.77. The molecule has 1 aromatic rings. The van der Waals surface area contributed by atoms with Gasteiger partial charge in [0.2, 0.25) is 11.8 Å². The van der Waals surface area contributed by atoms with Crippen LogP contribution in [0.3, 0.4) is 0 Å². The second-order valence-corrected chi connectivity index (χ2v) is 6.73. The van der Waals surface area contributed by atoms with E-state index in [1.54, 1.807) is 0 Å². The molecular formula is C19H31N3O2. The maximum atomic E-state index is 12.4. The summed E-state index contributed by atoms with van der Waals surface area (Å²) in [5.41, 5.74) is 1.10. The van der Waals surface area contributed by atoms with E-state index in [0.29, 0.717) is 6.54 Å². The summed E-state index contributed by atoms with van der Waals surface area (Å²) in [5, 5.41) is 5.95. The Morgan fingerprint density at radius 3 is 1.96 bits per heavy atom. The fourth-order valence-corrected chi connectivity index (χ4v) is 2.57. The fourth-order valence-electron chi connectivity index (χ4n) is 2.57. The molecule has 0 saturated carbocycles. The van der Waals surface area contributed by atoms with Crippen LogP contribution in [0.2, 0.25) is 0 Å². The van der Waals surface area contributed by atoms with E-state index in [0.717, 1.165) is 5.56 Å². The first-order chi connectivity index (χ1) is 11.3. The first kappa shape index (κ1) is 20.2. The fraction of sp³-hybridized carbons (Fsp3) is 0.579. The normalized spacial score (nSPS) is 12.5. The second-order valence-electron chi connectivity index (χ2n) is 6.73. The van der Waals surface area contributed by atoms with Crippen molar-refractivity contribution in [1.29, 1.82) is 0 Å². The molecule has 0 radical (unpaired) electrons. The number of likely N-dealkylation sites (N-methyl/N-ethyl adjacent to an activating group) is 1. The molecule has 0 aliphatic rings. The van der Waals surface area contributed by atoms with Crippen LogP contribution in [-0.2, 0) is 9.59 Å². The highest BCUT2D eigenvalue weighted by Crippen LogP contribution is 2.21. The highest BCUT2D eigenvalue weighted by molar-refractivity contribution is 5.81. The van der Waals surface area contributed by atoms with Gasteiger partial charge in [-0.15, -0.1) is 0 Å². The van der Waals surface area contributed by atoms with Gasteiger partial charge >= 0.3 is 0 Å². The number of nitrogens with one attached hydrogen (secondary N) is 2. The molecule has 1 atom stereocenters. The summed E-state index contributed by atoms with van der Waals surface area (Å²) < 4.78 is 0. The van der Waals surface area contributed by atoms with Crippen molar-refractivity contribution >= 4 is 11.8 Å². The number of carbonyl (C=O) groups is 2. The average molecular weight is 333 g/mol. The molecule has 5 nitrogen and oxygen atoms in total. The Hall–Kier alpha value is -1.88. The van der Waals surface area contributed by atoms with Gasteiger partial charge in [-0.05, 0) is 31.9 Å². The van der Waals surface area contributed by atoms with Crippen molar-refractivity contribution in [2.45, 2.75) is 46.7 Å². The van der Waals surface area contributed by atoms with Crippen LogP contribution in [0, 0.1) is 5.92 Å². The molecule has 1 rings (SSSR count). The number of hydrogen-bond acceptors (Lipinski definition) is 3. The standard InChI is InChI=1S/C19H31N3O2/c1-6-22(12-17(23)20-15(4)5)13-18(24)21-19(14(2)3)16-10-8-7-9-11-16/h7-11,14-15,19H,6,12-13H2,1-5H3,(H,20,23)(H,21,24). The Morgan fingerprint density at radius 2 is 1.50 bits per heavy atom. The Labute approximate surface area is 145 Å². The van der Waals surface area contributed by atoms with Crippen LogP contribution in [-0.4, -0.2) is 42.4 Å². The van der Waals surface area contributed by atoms with Crippen molar-refractivity contribution in [3.63, 3.8) is 0 Å². The number of carbonyl (C=O) groups excluding carboxylic acids is 2. The van der Waals surface area contributed by atoms with Gasteiger partial charge in [0.05, 0.1) is 19.1 Å². The third-order valence-corrected chi connectivity index (χ3v) is 3.77. The summed E-state index contributed by atoms with van der Waals surface area (Å²) in [6.07, 6.45) is 0. The summed E-state index contributed by atoms with van der Waals surface area (Å²) >= 11 is 0. The third kappa shape index (κ3) is 7.13. The quantitative estimate of drug-likeness (QED) is 0.729. The lowest BCUT2D eigenvalue weighted by Crippen LogP contribution is -2.45.